The number of hydrogen-bond acceptors (Lipinski definition) is 8. The van der Waals surface area contributed by atoms with E-state index < -0.39 is 6.17 Å². The van der Waals surface area contributed by atoms with Crippen molar-refractivity contribution >= 4 is 17.5 Å². The molecule has 2 aromatic carbocycles. The van der Waals surface area contributed by atoms with Gasteiger partial charge in [0.05, 0.1) is 20.3 Å². The minimum Gasteiger partial charge on any atom is -0.493 e. The van der Waals surface area contributed by atoms with E-state index in [0.29, 0.717) is 37.4 Å². The average molecular weight is 563 g/mol. The van der Waals surface area contributed by atoms with Gasteiger partial charge in [-0.05, 0) is 49.2 Å². The van der Waals surface area contributed by atoms with E-state index in [1.807, 2.05) is 53.4 Å². The number of carbonyl (C=O) groups is 2. The van der Waals surface area contributed by atoms with Gasteiger partial charge in [-0.15, -0.1) is 0 Å². The summed E-state index contributed by atoms with van der Waals surface area (Å²) in [6.07, 6.45) is 4.61. The van der Waals surface area contributed by atoms with Gasteiger partial charge in [-0.25, -0.2) is 0 Å². The first-order chi connectivity index (χ1) is 19.9. The van der Waals surface area contributed by atoms with Crippen molar-refractivity contribution in [1.29, 1.82) is 0 Å². The first-order valence-electron chi connectivity index (χ1n) is 14.5. The van der Waals surface area contributed by atoms with Crippen molar-refractivity contribution in [2.45, 2.75) is 38.5 Å². The lowest BCUT2D eigenvalue weighted by atomic mass is 9.99. The zero-order valence-corrected chi connectivity index (χ0v) is 24.6. The third kappa shape index (κ3) is 5.93. The summed E-state index contributed by atoms with van der Waals surface area (Å²) in [5.41, 5.74) is 4.02. The lowest BCUT2D eigenvalue weighted by Crippen LogP contribution is -2.47. The smallest absolute Gasteiger partial charge is 0.263 e. The Balaban J connectivity index is 1.35. The van der Waals surface area contributed by atoms with Crippen molar-refractivity contribution < 1.29 is 19.1 Å². The van der Waals surface area contributed by atoms with E-state index >= 15 is 0 Å². The summed E-state index contributed by atoms with van der Waals surface area (Å²) in [5.74, 6) is 1.25. The van der Waals surface area contributed by atoms with Gasteiger partial charge < -0.3 is 39.7 Å². The number of methoxy groups -OCH3 is 2. The number of rotatable bonds is 11. The normalized spacial score (nSPS) is 19.3. The van der Waals surface area contributed by atoms with Crippen LogP contribution in [0.1, 0.15) is 47.3 Å². The molecule has 41 heavy (non-hydrogen) atoms. The molecule has 2 amide bonds. The second-order valence-electron chi connectivity index (χ2n) is 10.8. The number of amides is 2. The van der Waals surface area contributed by atoms with Gasteiger partial charge in [-0.3, -0.25) is 9.59 Å². The monoisotopic (exact) mass is 562 g/mol. The predicted molar refractivity (Wildman–Crippen MR) is 159 cm³/mol. The zero-order valence-electron chi connectivity index (χ0n) is 24.6. The van der Waals surface area contributed by atoms with Crippen LogP contribution in [0.25, 0.3) is 0 Å². The quantitative estimate of drug-likeness (QED) is 0.405. The Bertz CT molecular complexity index is 1280. The number of ether oxygens (including phenoxy) is 2. The molecule has 3 aliphatic rings. The van der Waals surface area contributed by atoms with Crippen LogP contribution in [0.3, 0.4) is 0 Å². The summed E-state index contributed by atoms with van der Waals surface area (Å²) >= 11 is 0. The molecule has 0 saturated carbocycles. The maximum absolute atomic E-state index is 13.9. The Kier molecular flexibility index (Phi) is 8.87. The molecular weight excluding hydrogens is 520 g/mol. The molecule has 1 saturated heterocycles. The zero-order chi connectivity index (χ0) is 28.9. The van der Waals surface area contributed by atoms with Crippen LogP contribution in [0.2, 0.25) is 0 Å². The molecular formula is C31H42N6O4. The largest absolute Gasteiger partial charge is 0.493 e. The second-order valence-corrected chi connectivity index (χ2v) is 10.8. The van der Waals surface area contributed by atoms with Gasteiger partial charge in [0.1, 0.15) is 0 Å². The highest BCUT2D eigenvalue weighted by molar-refractivity contribution is 6.00. The summed E-state index contributed by atoms with van der Waals surface area (Å²) in [4.78, 5) is 35.3. The molecule has 0 aromatic heterocycles. The number of nitrogens with zero attached hydrogens (tertiary/aromatic N) is 4. The van der Waals surface area contributed by atoms with Crippen molar-refractivity contribution in [3.63, 3.8) is 0 Å². The molecule has 3 heterocycles. The van der Waals surface area contributed by atoms with Crippen molar-refractivity contribution in [2.75, 3.05) is 65.4 Å². The predicted octanol–water partition coefficient (Wildman–Crippen LogP) is 2.77. The van der Waals surface area contributed by atoms with Crippen molar-refractivity contribution in [1.82, 2.24) is 25.3 Å². The fraction of sp³-hybridized carbons (Fsp3) is 0.484. The third-order valence-corrected chi connectivity index (χ3v) is 8.47. The maximum atomic E-state index is 13.9. The summed E-state index contributed by atoms with van der Waals surface area (Å²) in [6.45, 7) is 8.29. The standard InChI is InChI=1S/C31H42N6O4/c1-5-35-16-18-36(19-17-35)26-9-6-8-23-24(26)21-37(31(23)39)25(22-11-12-27(40-3)28(20-22)41-4)10-7-13-33-30(38)29-32-14-15-34(29)2/h6,8-9,11-12,14-15,20,25,29,32H,5,7,10,13,16-19,21H2,1-4H3,(H,33,38)/t25-,29?/m1/s1. The topological polar surface area (TPSA) is 89.6 Å². The highest BCUT2D eigenvalue weighted by Crippen LogP contribution is 2.40. The fourth-order valence-electron chi connectivity index (χ4n) is 6.07. The Morgan fingerprint density at radius 2 is 1.88 bits per heavy atom. The average Bonchev–Trinajstić information content (AvgIpc) is 3.59. The number of carbonyl (C=O) groups excluding carboxylic acids is 2. The number of hydrogen-bond donors (Lipinski definition) is 2. The van der Waals surface area contributed by atoms with E-state index in [9.17, 15) is 9.59 Å². The molecule has 3 aliphatic heterocycles. The molecule has 2 N–H and O–H groups in total. The van der Waals surface area contributed by atoms with Crippen LogP contribution >= 0.6 is 0 Å². The third-order valence-electron chi connectivity index (χ3n) is 8.47. The van der Waals surface area contributed by atoms with E-state index in [2.05, 4.69) is 33.4 Å². The number of piperazine rings is 1. The Morgan fingerprint density at radius 3 is 2.56 bits per heavy atom. The van der Waals surface area contributed by atoms with E-state index in [4.69, 9.17) is 9.47 Å². The maximum Gasteiger partial charge on any atom is 0.263 e. The molecule has 0 spiro atoms. The molecule has 10 nitrogen and oxygen atoms in total. The second kappa shape index (κ2) is 12.7. The summed E-state index contributed by atoms with van der Waals surface area (Å²) in [5, 5.41) is 6.09. The van der Waals surface area contributed by atoms with Gasteiger partial charge in [0.25, 0.3) is 11.8 Å². The molecule has 1 fully saturated rings. The molecule has 0 aliphatic carbocycles. The Morgan fingerprint density at radius 1 is 1.10 bits per heavy atom. The number of fused-ring (bicyclic) bond motifs is 1. The van der Waals surface area contributed by atoms with Crippen LogP contribution in [-0.2, 0) is 11.3 Å². The first-order valence-corrected chi connectivity index (χ1v) is 14.5. The van der Waals surface area contributed by atoms with Gasteiger partial charge in [-0.1, -0.05) is 19.1 Å². The molecule has 0 radical (unpaired) electrons. The lowest BCUT2D eigenvalue weighted by Gasteiger charge is -2.36. The summed E-state index contributed by atoms with van der Waals surface area (Å²) in [7, 11) is 5.10. The van der Waals surface area contributed by atoms with Crippen LogP contribution in [0.4, 0.5) is 5.69 Å². The number of nitrogens with one attached hydrogen (secondary N) is 2. The summed E-state index contributed by atoms with van der Waals surface area (Å²) in [6, 6.07) is 11.8. The van der Waals surface area contributed by atoms with Crippen LogP contribution in [-0.4, -0.2) is 93.2 Å². The number of likely N-dealkylation sites (N-methyl/N-ethyl adjacent to an activating group) is 2. The van der Waals surface area contributed by atoms with E-state index in [1.54, 1.807) is 20.4 Å². The van der Waals surface area contributed by atoms with Crippen LogP contribution < -0.4 is 25.0 Å². The molecule has 1 unspecified atom stereocenters. The SMILES string of the molecule is CCN1CCN(c2cccc3c2CN([C@H](CCCNC(=O)C2NC=CN2C)c2ccc(OC)c(OC)c2)C3=O)CC1. The highest BCUT2D eigenvalue weighted by Gasteiger charge is 2.36. The van der Waals surface area contributed by atoms with Crippen LogP contribution in [0.15, 0.2) is 48.8 Å². The Hall–Kier alpha value is -3.92. The van der Waals surface area contributed by atoms with Gasteiger partial charge in [0, 0.05) is 75.5 Å². The molecule has 2 aromatic rings. The van der Waals surface area contributed by atoms with Crippen molar-refractivity contribution in [2.24, 2.45) is 0 Å². The van der Waals surface area contributed by atoms with Gasteiger partial charge >= 0.3 is 0 Å². The highest BCUT2D eigenvalue weighted by atomic mass is 16.5. The van der Waals surface area contributed by atoms with E-state index in [0.717, 1.165) is 55.1 Å². The van der Waals surface area contributed by atoms with Gasteiger partial charge in [0.15, 0.2) is 17.7 Å². The molecule has 0 bridgehead atoms. The van der Waals surface area contributed by atoms with Gasteiger partial charge in [0.2, 0.25) is 0 Å². The van der Waals surface area contributed by atoms with Crippen LogP contribution in [0.5, 0.6) is 11.5 Å². The van der Waals surface area contributed by atoms with E-state index in [-0.39, 0.29) is 17.9 Å². The number of anilines is 1. The fourth-order valence-corrected chi connectivity index (χ4v) is 6.07. The molecule has 10 heteroatoms. The van der Waals surface area contributed by atoms with Crippen molar-refractivity contribution in [3.8, 4) is 11.5 Å². The van der Waals surface area contributed by atoms with Crippen molar-refractivity contribution in [3.05, 3.63) is 65.5 Å². The summed E-state index contributed by atoms with van der Waals surface area (Å²) < 4.78 is 11.1. The number of benzene rings is 2. The molecule has 220 valence electrons. The minimum atomic E-state index is -0.399. The minimum absolute atomic E-state index is 0.0423. The van der Waals surface area contributed by atoms with E-state index in [1.165, 1.54) is 0 Å². The lowest BCUT2D eigenvalue weighted by molar-refractivity contribution is -0.125. The molecule has 2 atom stereocenters. The van der Waals surface area contributed by atoms with Crippen LogP contribution in [0, 0.1) is 0 Å². The molecule has 5 rings (SSSR count). The van der Waals surface area contributed by atoms with Gasteiger partial charge in [-0.2, -0.15) is 0 Å². The Labute approximate surface area is 242 Å². The first kappa shape index (κ1) is 28.6.